The predicted octanol–water partition coefficient (Wildman–Crippen LogP) is 1.95. The van der Waals surface area contributed by atoms with Crippen molar-refractivity contribution in [3.8, 4) is 0 Å². The van der Waals surface area contributed by atoms with Crippen molar-refractivity contribution in [3.63, 3.8) is 0 Å². The summed E-state index contributed by atoms with van der Waals surface area (Å²) in [4.78, 5) is 48.1. The summed E-state index contributed by atoms with van der Waals surface area (Å²) in [5, 5.41) is 21.2. The number of nitro benzene ring substituents is 1. The number of hydrogen-bond donors (Lipinski definition) is 3. The molecule has 12 heteroatoms. The smallest absolute Gasteiger partial charge is 0.410 e. The van der Waals surface area contributed by atoms with Crippen LogP contribution in [0.2, 0.25) is 0 Å². The summed E-state index contributed by atoms with van der Waals surface area (Å²) in [7, 11) is 0. The molecule has 0 bridgehead atoms. The molecule has 0 saturated carbocycles. The molecule has 10 nitrogen and oxygen atoms in total. The number of thiol groups is 1. The topological polar surface area (TPSA) is 139 Å². The number of non-ortho nitro benzene ring substituents is 1. The van der Waals surface area contributed by atoms with Gasteiger partial charge in [0.1, 0.15) is 13.3 Å². The molecular weight excluding hydrogens is 446 g/mol. The zero-order valence-corrected chi connectivity index (χ0v) is 18.8. The highest BCUT2D eigenvalue weighted by Crippen LogP contribution is 2.34. The fraction of sp³-hybridized carbons (Fsp3) is 0.526. The molecule has 2 rings (SSSR count). The number of aliphatic hydroxyl groups excluding tert-OH is 1. The Balaban J connectivity index is 2.08. The fourth-order valence-corrected chi connectivity index (χ4v) is 4.76. The van der Waals surface area contributed by atoms with Gasteiger partial charge in [0.05, 0.1) is 4.92 Å². The van der Waals surface area contributed by atoms with Crippen LogP contribution < -0.4 is 5.32 Å². The van der Waals surface area contributed by atoms with Crippen molar-refractivity contribution in [1.29, 1.82) is 0 Å². The minimum absolute atomic E-state index is 0.0631. The van der Waals surface area contributed by atoms with Gasteiger partial charge >= 0.3 is 6.09 Å². The maximum absolute atomic E-state index is 12.8. The highest BCUT2D eigenvalue weighted by Gasteiger charge is 2.43. The van der Waals surface area contributed by atoms with Gasteiger partial charge in [0, 0.05) is 48.1 Å². The minimum atomic E-state index is -0.621. The zero-order chi connectivity index (χ0) is 23.1. The summed E-state index contributed by atoms with van der Waals surface area (Å²) >= 11 is 5.68. The van der Waals surface area contributed by atoms with E-state index in [1.807, 2.05) is 0 Å². The van der Waals surface area contributed by atoms with E-state index in [-0.39, 0.29) is 29.2 Å². The fourth-order valence-electron chi connectivity index (χ4n) is 3.35. The van der Waals surface area contributed by atoms with Crippen molar-refractivity contribution >= 4 is 47.2 Å². The van der Waals surface area contributed by atoms with E-state index in [2.05, 4.69) is 17.9 Å². The third kappa shape index (κ3) is 6.84. The lowest BCUT2D eigenvalue weighted by Gasteiger charge is -2.31. The van der Waals surface area contributed by atoms with Crippen molar-refractivity contribution in [3.05, 3.63) is 39.9 Å². The number of aliphatic hydroxyl groups is 1. The number of amides is 2. The number of hydrogen-bond acceptors (Lipinski definition) is 9. The van der Waals surface area contributed by atoms with E-state index in [1.54, 1.807) is 6.92 Å². The Bertz CT molecular complexity index is 821. The Morgan fingerprint density at radius 1 is 1.39 bits per heavy atom. The Morgan fingerprint density at radius 3 is 2.58 bits per heavy atom. The molecule has 2 unspecified atom stereocenters. The summed E-state index contributed by atoms with van der Waals surface area (Å²) < 4.78 is 5.38. The number of nitrogens with zero attached hydrogens (tertiary/aromatic N) is 2. The molecule has 1 heterocycles. The zero-order valence-electron chi connectivity index (χ0n) is 17.1. The first kappa shape index (κ1) is 25.0. The number of nitrogens with one attached hydrogen (secondary N) is 1. The number of carbonyl (C=O) groups is 3. The first-order chi connectivity index (χ1) is 14.6. The van der Waals surface area contributed by atoms with E-state index in [9.17, 15) is 24.5 Å². The molecule has 0 aromatic heterocycles. The minimum Gasteiger partial charge on any atom is -0.445 e. The second-order valence-electron chi connectivity index (χ2n) is 7.14. The van der Waals surface area contributed by atoms with Crippen LogP contribution in [0, 0.1) is 16.0 Å². The Hall–Kier alpha value is -2.31. The second kappa shape index (κ2) is 11.3. The van der Waals surface area contributed by atoms with Gasteiger partial charge in [0.15, 0.2) is 5.12 Å². The van der Waals surface area contributed by atoms with E-state index in [0.29, 0.717) is 12.0 Å². The van der Waals surface area contributed by atoms with Crippen LogP contribution in [-0.2, 0) is 20.9 Å². The predicted molar refractivity (Wildman–Crippen MR) is 118 cm³/mol. The molecule has 0 radical (unpaired) electrons. The highest BCUT2D eigenvalue weighted by atomic mass is 32.2. The van der Waals surface area contributed by atoms with E-state index >= 15 is 0 Å². The first-order valence-electron chi connectivity index (χ1n) is 9.54. The van der Waals surface area contributed by atoms with Gasteiger partial charge in [-0.05, 0) is 24.1 Å². The van der Waals surface area contributed by atoms with Crippen molar-refractivity contribution in [1.82, 2.24) is 10.2 Å². The lowest BCUT2D eigenvalue weighted by Crippen LogP contribution is -2.46. The molecule has 2 N–H and O–H groups in total. The lowest BCUT2D eigenvalue weighted by molar-refractivity contribution is -0.384. The number of benzene rings is 1. The molecule has 0 aliphatic carbocycles. The number of rotatable bonds is 8. The van der Waals surface area contributed by atoms with Crippen LogP contribution in [0.5, 0.6) is 0 Å². The number of carbonyl (C=O) groups excluding carboxylic acids is 3. The average Bonchev–Trinajstić information content (AvgIpc) is 3.14. The van der Waals surface area contributed by atoms with Crippen LogP contribution >= 0.6 is 24.4 Å². The van der Waals surface area contributed by atoms with Gasteiger partial charge in [-0.2, -0.15) is 12.6 Å². The first-order valence-corrected chi connectivity index (χ1v) is 10.9. The standard InChI is InChI=1S/C19H25N3O7S2/c1-11(18(25)20-10-23)17(30)16-7-15(31-12(2)24)8-21(16)19(26)29-9-13-3-5-14(6-4-13)22(27)28/h3-6,11,15-17,23,30H,7-10H2,1-2H3,(H,20,25)/t11?,15-,16+,17?/m1/s1. The normalized spacial score (nSPS) is 20.1. The van der Waals surface area contributed by atoms with Crippen molar-refractivity contribution < 1.29 is 29.2 Å². The molecule has 170 valence electrons. The monoisotopic (exact) mass is 471 g/mol. The van der Waals surface area contributed by atoms with Crippen LogP contribution in [0.4, 0.5) is 10.5 Å². The molecule has 1 aromatic rings. The summed E-state index contributed by atoms with van der Waals surface area (Å²) in [5.74, 6) is -1.00. The number of ether oxygens (including phenoxy) is 1. The number of nitro groups is 1. The van der Waals surface area contributed by atoms with Crippen molar-refractivity contribution in [2.45, 2.75) is 43.4 Å². The highest BCUT2D eigenvalue weighted by molar-refractivity contribution is 8.14. The summed E-state index contributed by atoms with van der Waals surface area (Å²) in [6.45, 7) is 2.78. The SMILES string of the molecule is CC(=O)S[C@@H]1C[C@@H](C(S)C(C)C(=O)NCO)N(C(=O)OCc2ccc([N+](=O)[O-])cc2)C1. The summed E-state index contributed by atoms with van der Waals surface area (Å²) in [6.07, 6.45) is -0.161. The van der Waals surface area contributed by atoms with Crippen LogP contribution in [-0.4, -0.2) is 61.9 Å². The van der Waals surface area contributed by atoms with E-state index in [1.165, 1.54) is 36.1 Å². The van der Waals surface area contributed by atoms with Crippen molar-refractivity contribution in [2.24, 2.45) is 5.92 Å². The van der Waals surface area contributed by atoms with Crippen LogP contribution in [0.15, 0.2) is 24.3 Å². The Kier molecular flexibility index (Phi) is 9.14. The molecule has 1 aliphatic heterocycles. The van der Waals surface area contributed by atoms with Crippen LogP contribution in [0.3, 0.4) is 0 Å². The lowest BCUT2D eigenvalue weighted by atomic mass is 9.98. The Morgan fingerprint density at radius 2 is 2.03 bits per heavy atom. The molecule has 1 fully saturated rings. The van der Waals surface area contributed by atoms with Gasteiger partial charge in [-0.15, -0.1) is 0 Å². The van der Waals surface area contributed by atoms with Gasteiger partial charge in [-0.25, -0.2) is 4.79 Å². The third-order valence-corrected chi connectivity index (χ3v) is 6.75. The van der Waals surface area contributed by atoms with Gasteiger partial charge in [0.25, 0.3) is 5.69 Å². The van der Waals surface area contributed by atoms with Gasteiger partial charge in [0.2, 0.25) is 5.91 Å². The second-order valence-corrected chi connectivity index (χ2v) is 9.22. The largest absolute Gasteiger partial charge is 0.445 e. The average molecular weight is 472 g/mol. The molecule has 2 amide bonds. The summed E-state index contributed by atoms with van der Waals surface area (Å²) in [5.41, 5.74) is 0.523. The molecule has 1 aromatic carbocycles. The van der Waals surface area contributed by atoms with Gasteiger partial charge in [-0.3, -0.25) is 19.7 Å². The number of thioether (sulfide) groups is 1. The molecule has 1 saturated heterocycles. The maximum atomic E-state index is 12.8. The third-order valence-electron chi connectivity index (χ3n) is 4.96. The van der Waals surface area contributed by atoms with Crippen LogP contribution in [0.25, 0.3) is 0 Å². The quantitative estimate of drug-likeness (QED) is 0.226. The summed E-state index contributed by atoms with van der Waals surface area (Å²) in [6, 6.07) is 5.21. The van der Waals surface area contributed by atoms with Crippen LogP contribution in [0.1, 0.15) is 25.8 Å². The van der Waals surface area contributed by atoms with E-state index in [0.717, 1.165) is 11.8 Å². The maximum Gasteiger partial charge on any atom is 0.410 e. The van der Waals surface area contributed by atoms with Gasteiger partial charge in [-0.1, -0.05) is 18.7 Å². The van der Waals surface area contributed by atoms with Crippen molar-refractivity contribution in [2.75, 3.05) is 13.3 Å². The van der Waals surface area contributed by atoms with E-state index in [4.69, 9.17) is 9.84 Å². The molecule has 31 heavy (non-hydrogen) atoms. The molecule has 1 aliphatic rings. The molecule has 4 atom stereocenters. The Labute approximate surface area is 189 Å². The van der Waals surface area contributed by atoms with E-state index < -0.39 is 40.9 Å². The number of likely N-dealkylation sites (tertiary alicyclic amines) is 1. The van der Waals surface area contributed by atoms with Gasteiger partial charge < -0.3 is 20.1 Å². The molecule has 0 spiro atoms. The molecular formula is C19H25N3O7S2.